The topological polar surface area (TPSA) is 40.5 Å². The number of aromatic hydroxyl groups is 2. The molecule has 1 rings (SSSR count). The summed E-state index contributed by atoms with van der Waals surface area (Å²) in [5.74, 6) is 0.821. The van der Waals surface area contributed by atoms with Gasteiger partial charge in [-0.3, -0.25) is 0 Å². The molecule has 0 aliphatic carbocycles. The van der Waals surface area contributed by atoms with Gasteiger partial charge in [-0.15, -0.1) is 0 Å². The quantitative estimate of drug-likeness (QED) is 0.696. The fourth-order valence-corrected chi connectivity index (χ4v) is 1.06. The molecule has 0 saturated carbocycles. The molecule has 2 N–H and O–H groups in total. The molecule has 0 saturated heterocycles. The van der Waals surface area contributed by atoms with Crippen LogP contribution in [0.1, 0.15) is 18.9 Å². The third-order valence-electron chi connectivity index (χ3n) is 1.48. The number of rotatable bonds is 4. The van der Waals surface area contributed by atoms with Gasteiger partial charge in [-0.2, -0.15) is 0 Å². The third-order valence-corrected chi connectivity index (χ3v) is 1.48. The van der Waals surface area contributed by atoms with Crippen LogP contribution in [0.5, 0.6) is 11.5 Å². The number of hydrogen-bond donors (Lipinski definition) is 2. The van der Waals surface area contributed by atoms with Crippen molar-refractivity contribution in [2.45, 2.75) is 19.8 Å². The molecule has 0 radical (unpaired) electrons. The lowest BCUT2D eigenvalue weighted by Crippen LogP contribution is -1.81. The predicted molar refractivity (Wildman–Crippen MR) is 43.8 cm³/mol. The fourth-order valence-electron chi connectivity index (χ4n) is 1.06. The van der Waals surface area contributed by atoms with Crippen molar-refractivity contribution < 1.29 is 10.2 Å². The van der Waals surface area contributed by atoms with E-state index in [-0.39, 0.29) is 0 Å². The van der Waals surface area contributed by atoms with E-state index >= 15 is 0 Å². The number of phenolic OH excluding ortho intramolecular Hbond substituents is 2. The Kier molecular flexibility index (Phi) is 1.63. The van der Waals surface area contributed by atoms with Crippen LogP contribution in [-0.4, -0.2) is 13.1 Å². The Bertz CT molecular complexity index is 254. The Labute approximate surface area is 69.1 Å². The van der Waals surface area contributed by atoms with E-state index in [1.54, 1.807) is 12.1 Å². The van der Waals surface area contributed by atoms with Crippen LogP contribution in [-0.2, 0) is 6.42 Å². The highest BCUT2D eigenvalue weighted by Crippen LogP contribution is 2.20. The summed E-state index contributed by atoms with van der Waals surface area (Å²) in [6, 6.07) is 5.07. The Morgan fingerprint density at radius 2 is 1.91 bits per heavy atom. The lowest BCUT2D eigenvalue weighted by molar-refractivity contribution is 0.449. The Balaban J connectivity index is 2.93. The van der Waals surface area contributed by atoms with Crippen molar-refractivity contribution in [3.05, 3.63) is 23.8 Å². The maximum atomic E-state index is 6.73. The molecular formula is C9H12O2. The van der Waals surface area contributed by atoms with Crippen LogP contribution in [0.2, 0.25) is 0 Å². The third kappa shape index (κ3) is 2.15. The van der Waals surface area contributed by atoms with E-state index in [4.69, 9.17) is 2.86 Å². The summed E-state index contributed by atoms with van der Waals surface area (Å²) in [7, 11) is 0. The molecule has 0 unspecified atom stereocenters. The van der Waals surface area contributed by atoms with Gasteiger partial charge in [0.2, 0.25) is 0 Å². The van der Waals surface area contributed by atoms with Gasteiger partial charge in [0.1, 0.15) is 11.5 Å². The van der Waals surface area contributed by atoms with Crippen LogP contribution in [0.15, 0.2) is 18.2 Å². The molecule has 0 bridgehead atoms. The number of aryl methyl sites for hydroxylation is 1. The van der Waals surface area contributed by atoms with E-state index in [1.807, 2.05) is 0 Å². The molecule has 0 aromatic heterocycles. The maximum Gasteiger partial charge on any atom is 0.293 e. The predicted octanol–water partition coefficient (Wildman–Crippen LogP) is 2.05. The highest BCUT2D eigenvalue weighted by atomic mass is 16.3. The minimum atomic E-state index is 0.410. The van der Waals surface area contributed by atoms with E-state index in [0.717, 1.165) is 18.4 Å². The highest BCUT2D eigenvalue weighted by Gasteiger charge is 1.96. The Hall–Kier alpha value is -1.18. The molecule has 2 nitrogen and oxygen atoms in total. The molecule has 11 heavy (non-hydrogen) atoms. The van der Waals surface area contributed by atoms with E-state index < -0.39 is 0 Å². The smallest absolute Gasteiger partial charge is 0.293 e. The van der Waals surface area contributed by atoms with Crippen LogP contribution in [0.4, 0.5) is 0 Å². The number of phenols is 2. The van der Waals surface area contributed by atoms with Crippen LogP contribution in [0, 0.1) is 0 Å². The van der Waals surface area contributed by atoms with Gasteiger partial charge in [0, 0.05) is 6.07 Å². The van der Waals surface area contributed by atoms with Gasteiger partial charge in [0.15, 0.2) is 0 Å². The first kappa shape index (κ1) is 5.47. The zero-order valence-electron chi connectivity index (χ0n) is 8.46. The minimum Gasteiger partial charge on any atom is -0.508 e. The Morgan fingerprint density at radius 1 is 1.27 bits per heavy atom. The summed E-state index contributed by atoms with van der Waals surface area (Å²) >= 11 is 0. The molecule has 0 fully saturated rings. The minimum absolute atomic E-state index is 0.410. The van der Waals surface area contributed by atoms with E-state index in [2.05, 4.69) is 17.1 Å². The monoisotopic (exact) mass is 154 g/mol. The van der Waals surface area contributed by atoms with Crippen molar-refractivity contribution in [3.8, 4) is 11.5 Å². The molecule has 0 spiro atoms. The van der Waals surface area contributed by atoms with Crippen LogP contribution >= 0.6 is 0 Å². The molecule has 0 amide bonds. The highest BCUT2D eigenvalue weighted by molar-refractivity contribution is 5.36. The van der Waals surface area contributed by atoms with Crippen LogP contribution < -0.4 is 0 Å². The fraction of sp³-hybridized carbons (Fsp3) is 0.333. The summed E-state index contributed by atoms with van der Waals surface area (Å²) < 4.78 is 13.5. The first-order valence-corrected chi connectivity index (χ1v) is 3.70. The second-order valence-corrected chi connectivity index (χ2v) is 2.56. The molecule has 0 aliphatic heterocycles. The summed E-state index contributed by atoms with van der Waals surface area (Å²) in [6.45, 7) is 2.06. The molecule has 0 atom stereocenters. The first-order valence-electron chi connectivity index (χ1n) is 4.52. The zero-order valence-corrected chi connectivity index (χ0v) is 6.46. The van der Waals surface area contributed by atoms with Gasteiger partial charge in [0.25, 0.3) is 2.86 Å². The van der Waals surface area contributed by atoms with Crippen LogP contribution in [0.3, 0.4) is 0 Å². The summed E-state index contributed by atoms with van der Waals surface area (Å²) in [5.41, 5.74) is 1.02. The molecule has 1 aromatic carbocycles. The molecule has 0 heterocycles. The van der Waals surface area contributed by atoms with Gasteiger partial charge in [-0.1, -0.05) is 13.3 Å². The molecule has 1 aromatic rings. The zero-order chi connectivity index (χ0) is 9.68. The first-order chi connectivity index (χ1) is 6.30. The van der Waals surface area contributed by atoms with Crippen molar-refractivity contribution in [2.75, 3.05) is 0 Å². The maximum absolute atomic E-state index is 6.73. The number of hydrogen-bond acceptors (Lipinski definition) is 2. The lowest BCUT2D eigenvalue weighted by Gasteiger charge is -2.00. The van der Waals surface area contributed by atoms with Crippen molar-refractivity contribution in [2.24, 2.45) is 0 Å². The van der Waals surface area contributed by atoms with Gasteiger partial charge in [-0.25, -0.2) is 0 Å². The molecule has 0 aliphatic rings. The van der Waals surface area contributed by atoms with E-state index in [1.165, 1.54) is 6.07 Å². The normalized spacial score (nSPS) is 11.7. The summed E-state index contributed by atoms with van der Waals surface area (Å²) in [4.78, 5) is 0. The van der Waals surface area contributed by atoms with Gasteiger partial charge >= 0.3 is 0 Å². The van der Waals surface area contributed by atoms with Crippen molar-refractivity contribution in [1.29, 1.82) is 2.86 Å². The van der Waals surface area contributed by atoms with Crippen molar-refractivity contribution >= 4 is 0 Å². The molecule has 60 valence electrons. The average Bonchev–Trinajstić information content (AvgIpc) is 2.17. The second kappa shape index (κ2) is 3.28. The van der Waals surface area contributed by atoms with Crippen molar-refractivity contribution in [3.63, 3.8) is 0 Å². The second-order valence-electron chi connectivity index (χ2n) is 2.56. The van der Waals surface area contributed by atoms with Gasteiger partial charge in [0.05, 0.1) is 0 Å². The van der Waals surface area contributed by atoms with E-state index in [9.17, 15) is 0 Å². The van der Waals surface area contributed by atoms with Gasteiger partial charge in [-0.05, 0) is 24.1 Å². The average molecular weight is 154 g/mol. The Morgan fingerprint density at radius 3 is 2.36 bits per heavy atom. The van der Waals surface area contributed by atoms with Crippen LogP contribution in [0.25, 0.3) is 0 Å². The largest absolute Gasteiger partial charge is 0.508 e. The summed E-state index contributed by atoms with van der Waals surface area (Å²) in [5, 5.41) is 8.66. The summed E-state index contributed by atoms with van der Waals surface area (Å²) in [6.07, 6.45) is 1.91. The standard InChI is InChI=1S/C9H12O2/c1-2-3-7-4-8(10)6-9(11)5-7/h4-6,10-11H,2-3H2,1H3/i/hD2. The SMILES string of the molecule is [2H]Oc1cc(CCC)cc(O[2H])c1. The van der Waals surface area contributed by atoms with Gasteiger partial charge < -0.3 is 10.2 Å². The molecular weight excluding hydrogens is 140 g/mol. The lowest BCUT2D eigenvalue weighted by atomic mass is 10.1. The molecule has 2 heteroatoms. The van der Waals surface area contributed by atoms with Crippen molar-refractivity contribution in [1.82, 2.24) is 0 Å². The van der Waals surface area contributed by atoms with E-state index in [0.29, 0.717) is 11.5 Å². The number of benzene rings is 1.